The average Bonchev–Trinajstić information content (AvgIpc) is 2.77. The molecule has 1 saturated heterocycles. The molecule has 1 N–H and O–H groups in total. The van der Waals surface area contributed by atoms with E-state index in [1.807, 2.05) is 0 Å². The molecule has 2 fully saturated rings. The van der Waals surface area contributed by atoms with Gasteiger partial charge in [0.2, 0.25) is 0 Å². The largest absolute Gasteiger partial charge is 0.481 e. The first-order valence-corrected chi connectivity index (χ1v) is 7.57. The molecule has 2 aliphatic rings. The van der Waals surface area contributed by atoms with E-state index in [1.54, 1.807) is 0 Å². The lowest BCUT2D eigenvalue weighted by Gasteiger charge is -2.29. The molecule has 0 aromatic heterocycles. The van der Waals surface area contributed by atoms with E-state index in [1.165, 1.54) is 45.2 Å². The summed E-state index contributed by atoms with van der Waals surface area (Å²) in [5, 5.41) is 8.71. The van der Waals surface area contributed by atoms with Crippen LogP contribution in [-0.4, -0.2) is 35.6 Å². The van der Waals surface area contributed by atoms with Gasteiger partial charge < -0.3 is 10.0 Å². The normalized spacial score (nSPS) is 33.7. The van der Waals surface area contributed by atoms with Gasteiger partial charge in [-0.15, -0.1) is 0 Å². The maximum Gasteiger partial charge on any atom is 0.303 e. The Morgan fingerprint density at radius 3 is 2.56 bits per heavy atom. The van der Waals surface area contributed by atoms with Gasteiger partial charge in [0.1, 0.15) is 0 Å². The second kappa shape index (κ2) is 6.55. The summed E-state index contributed by atoms with van der Waals surface area (Å²) >= 11 is 0. The minimum atomic E-state index is -0.644. The first-order chi connectivity index (χ1) is 8.63. The van der Waals surface area contributed by atoms with Crippen LogP contribution in [0.25, 0.3) is 0 Å². The predicted molar refractivity (Wildman–Crippen MR) is 72.5 cm³/mol. The number of carboxylic acids is 1. The van der Waals surface area contributed by atoms with E-state index in [2.05, 4.69) is 11.8 Å². The summed E-state index contributed by atoms with van der Waals surface area (Å²) in [6.45, 7) is 5.96. The van der Waals surface area contributed by atoms with Gasteiger partial charge in [-0.2, -0.15) is 0 Å². The van der Waals surface area contributed by atoms with Crippen molar-refractivity contribution in [2.45, 2.75) is 51.9 Å². The van der Waals surface area contributed by atoms with Gasteiger partial charge in [-0.05, 0) is 50.0 Å². The lowest BCUT2D eigenvalue weighted by atomic mass is 9.83. The van der Waals surface area contributed by atoms with E-state index in [0.717, 1.165) is 24.8 Å². The zero-order valence-electron chi connectivity index (χ0n) is 11.6. The van der Waals surface area contributed by atoms with Gasteiger partial charge in [0.15, 0.2) is 0 Å². The highest BCUT2D eigenvalue weighted by atomic mass is 16.4. The number of hydrogen-bond donors (Lipinski definition) is 1. The summed E-state index contributed by atoms with van der Waals surface area (Å²) < 4.78 is 0. The van der Waals surface area contributed by atoms with Crippen molar-refractivity contribution in [3.63, 3.8) is 0 Å². The van der Waals surface area contributed by atoms with E-state index in [4.69, 9.17) is 5.11 Å². The van der Waals surface area contributed by atoms with E-state index < -0.39 is 5.97 Å². The van der Waals surface area contributed by atoms with E-state index in [9.17, 15) is 4.79 Å². The van der Waals surface area contributed by atoms with Gasteiger partial charge in [0.05, 0.1) is 0 Å². The van der Waals surface area contributed by atoms with Crippen molar-refractivity contribution in [3.8, 4) is 0 Å². The Labute approximate surface area is 111 Å². The molecule has 1 aliphatic carbocycles. The fourth-order valence-electron chi connectivity index (χ4n) is 3.52. The van der Waals surface area contributed by atoms with Crippen LogP contribution in [0.15, 0.2) is 0 Å². The Balaban J connectivity index is 1.64. The third-order valence-electron chi connectivity index (χ3n) is 4.79. The summed E-state index contributed by atoms with van der Waals surface area (Å²) in [7, 11) is 0. The first kappa shape index (κ1) is 13.9. The van der Waals surface area contributed by atoms with Crippen LogP contribution in [0, 0.1) is 17.8 Å². The van der Waals surface area contributed by atoms with Crippen molar-refractivity contribution in [2.24, 2.45) is 17.8 Å². The van der Waals surface area contributed by atoms with Crippen LogP contribution in [0.3, 0.4) is 0 Å². The van der Waals surface area contributed by atoms with Crippen molar-refractivity contribution in [3.05, 3.63) is 0 Å². The van der Waals surface area contributed by atoms with Gasteiger partial charge in [-0.1, -0.05) is 19.8 Å². The number of aliphatic carboxylic acids is 1. The fraction of sp³-hybridized carbons (Fsp3) is 0.933. The van der Waals surface area contributed by atoms with E-state index in [0.29, 0.717) is 12.3 Å². The van der Waals surface area contributed by atoms with Crippen LogP contribution in [0.5, 0.6) is 0 Å². The number of carboxylic acid groups (broad SMARTS) is 1. The topological polar surface area (TPSA) is 40.5 Å². The Hall–Kier alpha value is -0.570. The Morgan fingerprint density at radius 1 is 1.17 bits per heavy atom. The van der Waals surface area contributed by atoms with Gasteiger partial charge in [0.25, 0.3) is 0 Å². The molecule has 104 valence electrons. The summed E-state index contributed by atoms with van der Waals surface area (Å²) in [6.07, 6.45) is 8.03. The highest BCUT2D eigenvalue weighted by molar-refractivity contribution is 5.66. The zero-order valence-corrected chi connectivity index (χ0v) is 11.6. The molecule has 0 amide bonds. The Kier molecular flexibility index (Phi) is 5.04. The van der Waals surface area contributed by atoms with Crippen molar-refractivity contribution in [2.75, 3.05) is 19.6 Å². The predicted octanol–water partition coefficient (Wildman–Crippen LogP) is 3.00. The minimum Gasteiger partial charge on any atom is -0.481 e. The van der Waals surface area contributed by atoms with Crippen LogP contribution in [0.4, 0.5) is 0 Å². The number of rotatable bonds is 5. The first-order valence-electron chi connectivity index (χ1n) is 7.57. The molecule has 0 aromatic rings. The van der Waals surface area contributed by atoms with Crippen molar-refractivity contribution in [1.29, 1.82) is 0 Å². The fourth-order valence-corrected chi connectivity index (χ4v) is 3.52. The minimum absolute atomic E-state index is 0.347. The smallest absolute Gasteiger partial charge is 0.303 e. The molecule has 1 heterocycles. The van der Waals surface area contributed by atoms with Gasteiger partial charge >= 0.3 is 5.97 Å². The van der Waals surface area contributed by atoms with E-state index in [-0.39, 0.29) is 0 Å². The molecule has 0 spiro atoms. The quantitative estimate of drug-likeness (QED) is 0.819. The SMILES string of the molecule is CC1CCC(CN2CCC(CCC(=O)O)C2)CC1. The second-order valence-electron chi connectivity index (χ2n) is 6.47. The highest BCUT2D eigenvalue weighted by Crippen LogP contribution is 2.30. The lowest BCUT2D eigenvalue weighted by molar-refractivity contribution is -0.137. The molecule has 2 rings (SSSR count). The Morgan fingerprint density at radius 2 is 1.89 bits per heavy atom. The molecule has 0 radical (unpaired) electrons. The van der Waals surface area contributed by atoms with Crippen LogP contribution in [0.1, 0.15) is 51.9 Å². The van der Waals surface area contributed by atoms with Crippen LogP contribution in [0.2, 0.25) is 0 Å². The highest BCUT2D eigenvalue weighted by Gasteiger charge is 2.26. The molecule has 18 heavy (non-hydrogen) atoms. The summed E-state index contributed by atoms with van der Waals surface area (Å²) in [4.78, 5) is 13.1. The third kappa shape index (κ3) is 4.27. The van der Waals surface area contributed by atoms with Crippen molar-refractivity contribution < 1.29 is 9.90 Å². The third-order valence-corrected chi connectivity index (χ3v) is 4.79. The molecular formula is C15H27NO2. The van der Waals surface area contributed by atoms with Gasteiger partial charge in [-0.3, -0.25) is 4.79 Å². The molecule has 3 nitrogen and oxygen atoms in total. The molecule has 1 aliphatic heterocycles. The van der Waals surface area contributed by atoms with Gasteiger partial charge in [0, 0.05) is 19.5 Å². The molecule has 1 saturated carbocycles. The van der Waals surface area contributed by atoms with Gasteiger partial charge in [-0.25, -0.2) is 0 Å². The molecule has 0 aromatic carbocycles. The molecule has 1 atom stereocenters. The number of nitrogens with zero attached hydrogens (tertiary/aromatic N) is 1. The molecule has 0 bridgehead atoms. The van der Waals surface area contributed by atoms with Crippen molar-refractivity contribution in [1.82, 2.24) is 4.90 Å². The molecule has 1 unspecified atom stereocenters. The summed E-state index contributed by atoms with van der Waals surface area (Å²) in [6, 6.07) is 0. The maximum absolute atomic E-state index is 10.6. The number of carbonyl (C=O) groups is 1. The van der Waals surface area contributed by atoms with Crippen LogP contribution in [-0.2, 0) is 4.79 Å². The number of hydrogen-bond acceptors (Lipinski definition) is 2. The summed E-state index contributed by atoms with van der Waals surface area (Å²) in [5.74, 6) is 1.82. The van der Waals surface area contributed by atoms with Crippen LogP contribution >= 0.6 is 0 Å². The summed E-state index contributed by atoms with van der Waals surface area (Å²) in [5.41, 5.74) is 0. The molecular weight excluding hydrogens is 226 g/mol. The second-order valence-corrected chi connectivity index (χ2v) is 6.47. The monoisotopic (exact) mass is 253 g/mol. The van der Waals surface area contributed by atoms with Crippen LogP contribution < -0.4 is 0 Å². The van der Waals surface area contributed by atoms with Crippen molar-refractivity contribution >= 4 is 5.97 Å². The van der Waals surface area contributed by atoms with E-state index >= 15 is 0 Å². The maximum atomic E-state index is 10.6. The molecule has 3 heteroatoms. The number of likely N-dealkylation sites (tertiary alicyclic amines) is 1. The standard InChI is InChI=1S/C15H27NO2/c1-12-2-4-13(5-3-12)10-16-9-8-14(11-16)6-7-15(17)18/h12-14H,2-11H2,1H3,(H,17,18). The lowest BCUT2D eigenvalue weighted by Crippen LogP contribution is -2.29. The Bertz CT molecular complexity index is 272. The zero-order chi connectivity index (χ0) is 13.0. The average molecular weight is 253 g/mol.